The monoisotopic (exact) mass is 219 g/mol. The third-order valence-electron chi connectivity index (χ3n) is 3.04. The molecule has 1 heterocycles. The molecule has 3 nitrogen and oxygen atoms in total. The van der Waals surface area contributed by atoms with Crippen LogP contribution in [0.15, 0.2) is 24.3 Å². The molecule has 1 aromatic rings. The van der Waals surface area contributed by atoms with Gasteiger partial charge in [0.15, 0.2) is 0 Å². The van der Waals surface area contributed by atoms with Gasteiger partial charge in [0, 0.05) is 19.6 Å². The number of fused-ring (bicyclic) bond motifs is 1. The van der Waals surface area contributed by atoms with Crippen molar-refractivity contribution in [3.8, 4) is 0 Å². The Bertz CT molecular complexity index is 364. The number of ether oxygens (including phenoxy) is 1. The van der Waals surface area contributed by atoms with Crippen molar-refractivity contribution in [3.05, 3.63) is 35.4 Å². The molecule has 0 saturated heterocycles. The average Bonchev–Trinajstić information content (AvgIpc) is 2.69. The molecular weight excluding hydrogens is 202 g/mol. The van der Waals surface area contributed by atoms with Crippen molar-refractivity contribution < 1.29 is 9.53 Å². The maximum Gasteiger partial charge on any atom is 0.309 e. The van der Waals surface area contributed by atoms with E-state index in [1.807, 2.05) is 6.92 Å². The highest BCUT2D eigenvalue weighted by Crippen LogP contribution is 2.22. The molecule has 0 bridgehead atoms. The van der Waals surface area contributed by atoms with Gasteiger partial charge in [-0.3, -0.25) is 9.69 Å². The largest absolute Gasteiger partial charge is 0.469 e. The molecule has 0 saturated carbocycles. The molecule has 0 aromatic heterocycles. The number of rotatable bonds is 3. The molecular formula is C13H17NO2. The molecule has 86 valence electrons. The summed E-state index contributed by atoms with van der Waals surface area (Å²) in [5.74, 6) is -0.185. The fourth-order valence-corrected chi connectivity index (χ4v) is 2.20. The summed E-state index contributed by atoms with van der Waals surface area (Å²) < 4.78 is 4.73. The van der Waals surface area contributed by atoms with Gasteiger partial charge in [0.1, 0.15) is 0 Å². The van der Waals surface area contributed by atoms with Crippen molar-refractivity contribution in [2.75, 3.05) is 13.7 Å². The summed E-state index contributed by atoms with van der Waals surface area (Å²) in [5.41, 5.74) is 2.75. The Morgan fingerprint density at radius 2 is 1.94 bits per heavy atom. The van der Waals surface area contributed by atoms with E-state index < -0.39 is 0 Å². The molecule has 0 spiro atoms. The molecule has 1 unspecified atom stereocenters. The first-order valence-corrected chi connectivity index (χ1v) is 5.57. The van der Waals surface area contributed by atoms with Crippen LogP contribution in [0.4, 0.5) is 0 Å². The van der Waals surface area contributed by atoms with Crippen molar-refractivity contribution in [1.29, 1.82) is 0 Å². The van der Waals surface area contributed by atoms with Crippen LogP contribution in [0.25, 0.3) is 0 Å². The van der Waals surface area contributed by atoms with Gasteiger partial charge in [-0.05, 0) is 11.1 Å². The van der Waals surface area contributed by atoms with E-state index in [-0.39, 0.29) is 11.9 Å². The molecule has 0 amide bonds. The molecule has 2 rings (SSSR count). The Morgan fingerprint density at radius 3 is 2.44 bits per heavy atom. The lowest BCUT2D eigenvalue weighted by molar-refractivity contribution is -0.145. The summed E-state index contributed by atoms with van der Waals surface area (Å²) in [6.45, 7) is 4.56. The maximum absolute atomic E-state index is 11.3. The lowest BCUT2D eigenvalue weighted by atomic mass is 10.1. The number of hydrogen-bond donors (Lipinski definition) is 0. The van der Waals surface area contributed by atoms with Crippen LogP contribution in [0.5, 0.6) is 0 Å². The molecule has 1 aliphatic rings. The highest BCUT2D eigenvalue weighted by atomic mass is 16.5. The zero-order chi connectivity index (χ0) is 11.5. The molecule has 1 aliphatic heterocycles. The lowest BCUT2D eigenvalue weighted by Crippen LogP contribution is -2.28. The summed E-state index contributed by atoms with van der Waals surface area (Å²) in [7, 11) is 1.44. The summed E-state index contributed by atoms with van der Waals surface area (Å²) in [5, 5.41) is 0. The average molecular weight is 219 g/mol. The minimum Gasteiger partial charge on any atom is -0.469 e. The minimum atomic E-state index is -0.129. The SMILES string of the molecule is COC(=O)C(C)CN1Cc2ccccc2C1. The van der Waals surface area contributed by atoms with Gasteiger partial charge in [-0.15, -0.1) is 0 Å². The zero-order valence-electron chi connectivity index (χ0n) is 9.77. The summed E-state index contributed by atoms with van der Waals surface area (Å²) in [6.07, 6.45) is 0. The smallest absolute Gasteiger partial charge is 0.309 e. The van der Waals surface area contributed by atoms with Crippen molar-refractivity contribution in [2.45, 2.75) is 20.0 Å². The maximum atomic E-state index is 11.3. The molecule has 1 aromatic carbocycles. The number of methoxy groups -OCH3 is 1. The van der Waals surface area contributed by atoms with E-state index >= 15 is 0 Å². The molecule has 0 fully saturated rings. The predicted molar refractivity (Wildman–Crippen MR) is 61.7 cm³/mol. The fraction of sp³-hybridized carbons (Fsp3) is 0.462. The third-order valence-corrected chi connectivity index (χ3v) is 3.04. The lowest BCUT2D eigenvalue weighted by Gasteiger charge is -2.18. The number of nitrogens with zero attached hydrogens (tertiary/aromatic N) is 1. The minimum absolute atomic E-state index is 0.0562. The zero-order valence-corrected chi connectivity index (χ0v) is 9.77. The van der Waals surface area contributed by atoms with E-state index in [2.05, 4.69) is 29.2 Å². The molecule has 0 aliphatic carbocycles. The Kier molecular flexibility index (Phi) is 3.25. The quantitative estimate of drug-likeness (QED) is 0.726. The molecule has 16 heavy (non-hydrogen) atoms. The van der Waals surface area contributed by atoms with Gasteiger partial charge in [0.25, 0.3) is 0 Å². The van der Waals surface area contributed by atoms with Crippen molar-refractivity contribution in [1.82, 2.24) is 4.90 Å². The Labute approximate surface area is 96.0 Å². The standard InChI is InChI=1S/C13H17NO2/c1-10(13(15)16-2)7-14-8-11-5-3-4-6-12(11)9-14/h3-6,10H,7-9H2,1-2H3. The molecule has 0 N–H and O–H groups in total. The summed E-state index contributed by atoms with van der Waals surface area (Å²) in [6, 6.07) is 8.43. The van der Waals surface area contributed by atoms with Gasteiger partial charge in [-0.1, -0.05) is 31.2 Å². The van der Waals surface area contributed by atoms with E-state index in [9.17, 15) is 4.79 Å². The van der Waals surface area contributed by atoms with Crippen LogP contribution in [0.3, 0.4) is 0 Å². The van der Waals surface area contributed by atoms with E-state index in [4.69, 9.17) is 4.74 Å². The second-order valence-corrected chi connectivity index (χ2v) is 4.36. The number of carbonyl (C=O) groups is 1. The summed E-state index contributed by atoms with van der Waals surface area (Å²) >= 11 is 0. The van der Waals surface area contributed by atoms with E-state index in [0.29, 0.717) is 0 Å². The third kappa shape index (κ3) is 2.25. The Balaban J connectivity index is 1.94. The van der Waals surface area contributed by atoms with Crippen LogP contribution >= 0.6 is 0 Å². The topological polar surface area (TPSA) is 29.5 Å². The summed E-state index contributed by atoms with van der Waals surface area (Å²) in [4.78, 5) is 13.6. The molecule has 0 radical (unpaired) electrons. The highest BCUT2D eigenvalue weighted by Gasteiger charge is 2.22. The number of carbonyl (C=O) groups excluding carboxylic acids is 1. The van der Waals surface area contributed by atoms with Crippen LogP contribution in [0, 0.1) is 5.92 Å². The van der Waals surface area contributed by atoms with Crippen LogP contribution in [0.2, 0.25) is 0 Å². The van der Waals surface area contributed by atoms with Crippen LogP contribution in [0.1, 0.15) is 18.1 Å². The van der Waals surface area contributed by atoms with Crippen molar-refractivity contribution in [3.63, 3.8) is 0 Å². The number of esters is 1. The first-order chi connectivity index (χ1) is 7.70. The van der Waals surface area contributed by atoms with Crippen molar-refractivity contribution in [2.24, 2.45) is 5.92 Å². The Hall–Kier alpha value is -1.35. The van der Waals surface area contributed by atoms with E-state index in [0.717, 1.165) is 19.6 Å². The van der Waals surface area contributed by atoms with Gasteiger partial charge < -0.3 is 4.74 Å². The first kappa shape index (κ1) is 11.1. The van der Waals surface area contributed by atoms with Crippen LogP contribution in [-0.4, -0.2) is 24.5 Å². The van der Waals surface area contributed by atoms with Gasteiger partial charge in [0.2, 0.25) is 0 Å². The van der Waals surface area contributed by atoms with Crippen LogP contribution < -0.4 is 0 Å². The Morgan fingerprint density at radius 1 is 1.38 bits per heavy atom. The van der Waals surface area contributed by atoms with Gasteiger partial charge in [-0.2, -0.15) is 0 Å². The second kappa shape index (κ2) is 4.66. The van der Waals surface area contributed by atoms with E-state index in [1.54, 1.807) is 0 Å². The van der Waals surface area contributed by atoms with E-state index in [1.165, 1.54) is 18.2 Å². The molecule has 1 atom stereocenters. The normalized spacial score (nSPS) is 16.9. The van der Waals surface area contributed by atoms with Gasteiger partial charge >= 0.3 is 5.97 Å². The van der Waals surface area contributed by atoms with Crippen molar-refractivity contribution >= 4 is 5.97 Å². The second-order valence-electron chi connectivity index (χ2n) is 4.36. The van der Waals surface area contributed by atoms with Crippen LogP contribution in [-0.2, 0) is 22.6 Å². The number of benzene rings is 1. The van der Waals surface area contributed by atoms with Gasteiger partial charge in [0.05, 0.1) is 13.0 Å². The first-order valence-electron chi connectivity index (χ1n) is 5.57. The van der Waals surface area contributed by atoms with Gasteiger partial charge in [-0.25, -0.2) is 0 Å². The fourth-order valence-electron chi connectivity index (χ4n) is 2.20. The highest BCUT2D eigenvalue weighted by molar-refractivity contribution is 5.72. The molecule has 3 heteroatoms. The number of hydrogen-bond acceptors (Lipinski definition) is 3. The predicted octanol–water partition coefficient (Wildman–Crippen LogP) is 1.81.